The van der Waals surface area contributed by atoms with E-state index in [9.17, 15) is 0 Å². The van der Waals surface area contributed by atoms with Gasteiger partial charge in [-0.05, 0) is 36.1 Å². The van der Waals surface area contributed by atoms with E-state index in [0.717, 1.165) is 11.0 Å². The summed E-state index contributed by atoms with van der Waals surface area (Å²) in [4.78, 5) is 0. The van der Waals surface area contributed by atoms with Gasteiger partial charge >= 0.3 is 0 Å². The zero-order valence-electron chi connectivity index (χ0n) is 11.0. The molecule has 1 aromatic rings. The number of hydrogen-bond donors (Lipinski definition) is 1. The van der Waals surface area contributed by atoms with Crippen molar-refractivity contribution in [3.05, 3.63) is 33.8 Å². The Kier molecular flexibility index (Phi) is 4.82. The third-order valence-electron chi connectivity index (χ3n) is 4.14. The van der Waals surface area contributed by atoms with Crippen molar-refractivity contribution in [3.8, 4) is 0 Å². The molecular formula is C15H22BrNO. The van der Waals surface area contributed by atoms with Crippen LogP contribution in [0.25, 0.3) is 0 Å². The van der Waals surface area contributed by atoms with Crippen molar-refractivity contribution in [2.75, 3.05) is 13.7 Å². The van der Waals surface area contributed by atoms with Gasteiger partial charge in [0.25, 0.3) is 0 Å². The molecule has 0 bridgehead atoms. The molecule has 1 saturated carbocycles. The van der Waals surface area contributed by atoms with Crippen LogP contribution in [0.5, 0.6) is 0 Å². The summed E-state index contributed by atoms with van der Waals surface area (Å²) in [7, 11) is 1.75. The quantitative estimate of drug-likeness (QED) is 0.919. The smallest absolute Gasteiger partial charge is 0.0716 e. The number of ether oxygens (including phenoxy) is 1. The normalized spacial score (nSPS) is 18.8. The first-order valence-corrected chi connectivity index (χ1v) is 7.49. The average molecular weight is 312 g/mol. The third kappa shape index (κ3) is 2.79. The number of benzene rings is 1. The van der Waals surface area contributed by atoms with Gasteiger partial charge in [0, 0.05) is 23.5 Å². The van der Waals surface area contributed by atoms with Crippen molar-refractivity contribution < 1.29 is 4.74 Å². The highest BCUT2D eigenvalue weighted by atomic mass is 79.9. The van der Waals surface area contributed by atoms with E-state index < -0.39 is 0 Å². The lowest BCUT2D eigenvalue weighted by Gasteiger charge is -2.38. The third-order valence-corrected chi connectivity index (χ3v) is 4.63. The van der Waals surface area contributed by atoms with Gasteiger partial charge in [-0.15, -0.1) is 0 Å². The second kappa shape index (κ2) is 6.18. The Morgan fingerprint density at radius 3 is 2.61 bits per heavy atom. The summed E-state index contributed by atoms with van der Waals surface area (Å²) in [6, 6.07) is 6.53. The summed E-state index contributed by atoms with van der Waals surface area (Å²) in [5.41, 5.74) is 8.97. The molecule has 0 heterocycles. The van der Waals surface area contributed by atoms with E-state index in [4.69, 9.17) is 10.5 Å². The van der Waals surface area contributed by atoms with Crippen LogP contribution >= 0.6 is 15.9 Å². The molecule has 1 aliphatic rings. The molecule has 0 radical (unpaired) electrons. The highest BCUT2D eigenvalue weighted by Crippen LogP contribution is 2.40. The molecule has 0 saturated heterocycles. The van der Waals surface area contributed by atoms with E-state index in [1.165, 1.54) is 43.2 Å². The summed E-state index contributed by atoms with van der Waals surface area (Å²) in [6.07, 6.45) is 6.35. The summed E-state index contributed by atoms with van der Waals surface area (Å²) in [6.45, 7) is 1.40. The van der Waals surface area contributed by atoms with Crippen molar-refractivity contribution in [1.29, 1.82) is 0 Å². The molecule has 0 aliphatic heterocycles. The molecule has 0 spiro atoms. The van der Waals surface area contributed by atoms with Crippen molar-refractivity contribution in [2.45, 2.75) is 44.1 Å². The van der Waals surface area contributed by atoms with Gasteiger partial charge in [-0.1, -0.05) is 41.3 Å². The number of hydrogen-bond acceptors (Lipinski definition) is 2. The first-order valence-electron chi connectivity index (χ1n) is 6.70. The van der Waals surface area contributed by atoms with Crippen LogP contribution in [-0.4, -0.2) is 13.7 Å². The Bertz CT molecular complexity index is 399. The number of nitrogens with two attached hydrogens (primary N) is 1. The number of methoxy groups -OCH3 is 1. The van der Waals surface area contributed by atoms with Gasteiger partial charge in [0.2, 0.25) is 0 Å². The van der Waals surface area contributed by atoms with Crippen molar-refractivity contribution in [2.24, 2.45) is 5.73 Å². The van der Waals surface area contributed by atoms with Crippen LogP contribution in [0.2, 0.25) is 0 Å². The minimum atomic E-state index is 0.173. The Morgan fingerprint density at radius 2 is 2.00 bits per heavy atom. The van der Waals surface area contributed by atoms with Crippen LogP contribution in [0.3, 0.4) is 0 Å². The maximum Gasteiger partial charge on any atom is 0.0716 e. The molecule has 2 nitrogen and oxygen atoms in total. The van der Waals surface area contributed by atoms with Gasteiger partial charge in [-0.3, -0.25) is 0 Å². The van der Waals surface area contributed by atoms with E-state index in [2.05, 4.69) is 34.1 Å². The molecule has 0 aromatic heterocycles. The van der Waals surface area contributed by atoms with Gasteiger partial charge in [0.05, 0.1) is 6.61 Å². The van der Waals surface area contributed by atoms with E-state index in [0.29, 0.717) is 6.61 Å². The molecular weight excluding hydrogens is 290 g/mol. The topological polar surface area (TPSA) is 35.2 Å². The number of rotatable bonds is 4. The van der Waals surface area contributed by atoms with Crippen molar-refractivity contribution in [1.82, 2.24) is 0 Å². The maximum atomic E-state index is 6.12. The van der Waals surface area contributed by atoms with Crippen LogP contribution in [0, 0.1) is 0 Å². The predicted octanol–water partition coefficient (Wildman–Crippen LogP) is 3.76. The fourth-order valence-electron chi connectivity index (χ4n) is 3.17. The van der Waals surface area contributed by atoms with E-state index >= 15 is 0 Å². The fourth-order valence-corrected chi connectivity index (χ4v) is 3.58. The highest BCUT2D eigenvalue weighted by Gasteiger charge is 2.34. The molecule has 18 heavy (non-hydrogen) atoms. The first-order chi connectivity index (χ1) is 8.72. The van der Waals surface area contributed by atoms with E-state index in [-0.39, 0.29) is 5.41 Å². The first kappa shape index (κ1) is 14.0. The lowest BCUT2D eigenvalue weighted by atomic mass is 9.68. The Labute approximate surface area is 118 Å². The SMILES string of the molecule is COCc1cc(Br)ccc1C1(CN)CCCCC1. The fraction of sp³-hybridized carbons (Fsp3) is 0.600. The minimum Gasteiger partial charge on any atom is -0.380 e. The Hall–Kier alpha value is -0.380. The molecule has 1 aliphatic carbocycles. The van der Waals surface area contributed by atoms with Gasteiger partial charge in [0.1, 0.15) is 0 Å². The van der Waals surface area contributed by atoms with Crippen molar-refractivity contribution in [3.63, 3.8) is 0 Å². The van der Waals surface area contributed by atoms with Crippen molar-refractivity contribution >= 4 is 15.9 Å². The Balaban J connectivity index is 2.40. The van der Waals surface area contributed by atoms with Crippen LogP contribution < -0.4 is 5.73 Å². The lowest BCUT2D eigenvalue weighted by molar-refractivity contribution is 0.181. The summed E-state index contributed by atoms with van der Waals surface area (Å²) < 4.78 is 6.45. The monoisotopic (exact) mass is 311 g/mol. The molecule has 0 amide bonds. The molecule has 0 unspecified atom stereocenters. The second-order valence-corrected chi connectivity index (χ2v) is 6.20. The van der Waals surface area contributed by atoms with Crippen LogP contribution in [0.1, 0.15) is 43.2 Å². The second-order valence-electron chi connectivity index (χ2n) is 5.28. The molecule has 1 aromatic carbocycles. The van der Waals surface area contributed by atoms with E-state index in [1.54, 1.807) is 7.11 Å². The highest BCUT2D eigenvalue weighted by molar-refractivity contribution is 9.10. The van der Waals surface area contributed by atoms with Crippen LogP contribution in [-0.2, 0) is 16.8 Å². The predicted molar refractivity (Wildman–Crippen MR) is 78.7 cm³/mol. The molecule has 0 atom stereocenters. The summed E-state index contributed by atoms with van der Waals surface area (Å²) in [5, 5.41) is 0. The molecule has 2 N–H and O–H groups in total. The summed E-state index contributed by atoms with van der Waals surface area (Å²) >= 11 is 3.54. The van der Waals surface area contributed by atoms with Gasteiger partial charge in [-0.25, -0.2) is 0 Å². The Morgan fingerprint density at radius 1 is 1.28 bits per heavy atom. The largest absolute Gasteiger partial charge is 0.380 e. The summed E-state index contributed by atoms with van der Waals surface area (Å²) in [5.74, 6) is 0. The molecule has 1 fully saturated rings. The lowest BCUT2D eigenvalue weighted by Crippen LogP contribution is -2.38. The number of halogens is 1. The molecule has 2 rings (SSSR count). The van der Waals surface area contributed by atoms with Crippen LogP contribution in [0.4, 0.5) is 0 Å². The maximum absolute atomic E-state index is 6.12. The zero-order valence-corrected chi connectivity index (χ0v) is 12.6. The standard InChI is InChI=1S/C15H22BrNO/c1-18-10-12-9-13(16)5-6-14(12)15(11-17)7-3-2-4-8-15/h5-6,9H,2-4,7-8,10-11,17H2,1H3. The van der Waals surface area contributed by atoms with Gasteiger partial charge in [0.15, 0.2) is 0 Å². The molecule has 3 heteroatoms. The minimum absolute atomic E-state index is 0.173. The average Bonchev–Trinajstić information content (AvgIpc) is 2.40. The van der Waals surface area contributed by atoms with Gasteiger partial charge < -0.3 is 10.5 Å². The zero-order chi connectivity index (χ0) is 13.0. The van der Waals surface area contributed by atoms with E-state index in [1.807, 2.05) is 0 Å². The van der Waals surface area contributed by atoms with Gasteiger partial charge in [-0.2, -0.15) is 0 Å². The van der Waals surface area contributed by atoms with Crippen LogP contribution in [0.15, 0.2) is 22.7 Å². The molecule has 100 valence electrons.